The fourth-order valence-corrected chi connectivity index (χ4v) is 2.87. The number of nitrogen functional groups attached to an aromatic ring is 1. The molecule has 9 heteroatoms. The topological polar surface area (TPSA) is 68.5 Å². The van der Waals surface area contributed by atoms with Crippen molar-refractivity contribution in [3.63, 3.8) is 0 Å². The van der Waals surface area contributed by atoms with Gasteiger partial charge in [0.1, 0.15) is 5.75 Å². The van der Waals surface area contributed by atoms with Crippen molar-refractivity contribution in [3.05, 3.63) is 38.8 Å². The van der Waals surface area contributed by atoms with Gasteiger partial charge >= 0.3 is 0 Å². The average molecular weight is 399 g/mol. The molecule has 0 spiro atoms. The molecule has 0 unspecified atom stereocenters. The van der Waals surface area contributed by atoms with Crippen molar-refractivity contribution in [1.29, 1.82) is 0 Å². The molecule has 0 saturated carbocycles. The number of benzene rings is 1. The average Bonchev–Trinajstić information content (AvgIpc) is 2.85. The van der Waals surface area contributed by atoms with Crippen molar-refractivity contribution in [3.8, 4) is 5.75 Å². The summed E-state index contributed by atoms with van der Waals surface area (Å²) in [6.45, 7) is 2.41. The van der Waals surface area contributed by atoms with Crippen molar-refractivity contribution < 1.29 is 9.53 Å². The maximum atomic E-state index is 12.6. The first-order valence-electron chi connectivity index (χ1n) is 6.21. The highest BCUT2D eigenvalue weighted by atomic mass is 35.5. The summed E-state index contributed by atoms with van der Waals surface area (Å²) in [6, 6.07) is 3.09. The van der Waals surface area contributed by atoms with Crippen molar-refractivity contribution in [2.75, 3.05) is 19.9 Å². The van der Waals surface area contributed by atoms with E-state index in [-0.39, 0.29) is 30.7 Å². The number of nitrogens with two attached hydrogens (primary N) is 1. The molecular weight excluding hydrogens is 381 g/mol. The number of carbonyl (C=O) groups is 1. The molecule has 0 aliphatic heterocycles. The molecule has 0 bridgehead atoms. The highest BCUT2D eigenvalue weighted by Crippen LogP contribution is 2.30. The first kappa shape index (κ1) is 21.8. The van der Waals surface area contributed by atoms with Crippen LogP contribution in [-0.4, -0.2) is 29.9 Å². The Kier molecular flexibility index (Phi) is 8.69. The zero-order valence-corrected chi connectivity index (χ0v) is 16.0. The minimum Gasteiger partial charge on any atom is -0.496 e. The van der Waals surface area contributed by atoms with Crippen LogP contribution in [0.5, 0.6) is 5.75 Å². The van der Waals surface area contributed by atoms with Crippen LogP contribution in [-0.2, 0) is 6.54 Å². The molecule has 2 aromatic rings. The molecule has 0 fully saturated rings. The Morgan fingerprint density at radius 1 is 1.43 bits per heavy atom. The van der Waals surface area contributed by atoms with Gasteiger partial charge in [0.2, 0.25) is 0 Å². The van der Waals surface area contributed by atoms with Gasteiger partial charge < -0.3 is 15.4 Å². The van der Waals surface area contributed by atoms with E-state index < -0.39 is 0 Å². The summed E-state index contributed by atoms with van der Waals surface area (Å²) >= 11 is 7.52. The molecule has 0 aliphatic rings. The lowest BCUT2D eigenvalue weighted by Crippen LogP contribution is -2.26. The van der Waals surface area contributed by atoms with E-state index in [4.69, 9.17) is 22.1 Å². The lowest BCUT2D eigenvalue weighted by molar-refractivity contribution is 0.0783. The minimum atomic E-state index is -0.179. The predicted octanol–water partition coefficient (Wildman–Crippen LogP) is 3.81. The van der Waals surface area contributed by atoms with Gasteiger partial charge in [0, 0.05) is 18.0 Å². The molecule has 0 atom stereocenters. The van der Waals surface area contributed by atoms with Crippen LogP contribution in [0.4, 0.5) is 5.69 Å². The highest BCUT2D eigenvalue weighted by molar-refractivity contribution is 7.09. The van der Waals surface area contributed by atoms with Crippen LogP contribution in [0.1, 0.15) is 20.9 Å². The fraction of sp³-hybridized carbons (Fsp3) is 0.286. The van der Waals surface area contributed by atoms with E-state index in [1.54, 1.807) is 23.5 Å². The van der Waals surface area contributed by atoms with Gasteiger partial charge in [-0.1, -0.05) is 11.6 Å². The van der Waals surface area contributed by atoms with Gasteiger partial charge in [0.05, 0.1) is 41.1 Å². The molecule has 0 saturated heterocycles. The van der Waals surface area contributed by atoms with Crippen LogP contribution in [0, 0.1) is 6.92 Å². The fourth-order valence-electron chi connectivity index (χ4n) is 1.88. The molecule has 1 aromatic heterocycles. The van der Waals surface area contributed by atoms with Crippen molar-refractivity contribution in [2.45, 2.75) is 13.5 Å². The normalized spacial score (nSPS) is 9.57. The Bertz CT molecular complexity index is 679. The Morgan fingerprint density at radius 3 is 2.61 bits per heavy atom. The number of amides is 1. The summed E-state index contributed by atoms with van der Waals surface area (Å²) in [5, 5.41) is 0.335. The van der Waals surface area contributed by atoms with Crippen LogP contribution >= 0.6 is 47.8 Å². The molecule has 2 rings (SSSR count). The van der Waals surface area contributed by atoms with E-state index in [0.717, 1.165) is 10.6 Å². The van der Waals surface area contributed by atoms with Crippen LogP contribution in [0.15, 0.2) is 17.6 Å². The molecule has 0 aliphatic carbocycles. The van der Waals surface area contributed by atoms with Crippen LogP contribution in [0.2, 0.25) is 5.02 Å². The molecule has 1 aromatic carbocycles. The first-order chi connectivity index (χ1) is 9.93. The minimum absolute atomic E-state index is 0. The lowest BCUT2D eigenvalue weighted by atomic mass is 10.1. The third kappa shape index (κ3) is 4.88. The van der Waals surface area contributed by atoms with Gasteiger partial charge in [-0.25, -0.2) is 4.98 Å². The Morgan fingerprint density at radius 2 is 2.09 bits per heavy atom. The number of nitrogens with zero attached hydrogens (tertiary/aromatic N) is 2. The van der Waals surface area contributed by atoms with E-state index >= 15 is 0 Å². The number of carbonyl (C=O) groups excluding carboxylic acids is 1. The van der Waals surface area contributed by atoms with E-state index in [2.05, 4.69) is 4.98 Å². The highest BCUT2D eigenvalue weighted by Gasteiger charge is 2.19. The van der Waals surface area contributed by atoms with Crippen molar-refractivity contribution >= 4 is 59.3 Å². The second-order valence-electron chi connectivity index (χ2n) is 4.60. The Balaban J connectivity index is 0.00000242. The van der Waals surface area contributed by atoms with E-state index in [0.29, 0.717) is 28.6 Å². The molecule has 128 valence electrons. The van der Waals surface area contributed by atoms with Crippen LogP contribution < -0.4 is 10.5 Å². The summed E-state index contributed by atoms with van der Waals surface area (Å²) < 4.78 is 5.22. The molecule has 2 N–H and O–H groups in total. The molecule has 0 radical (unpaired) electrons. The number of rotatable bonds is 4. The largest absolute Gasteiger partial charge is 0.496 e. The number of thiazole rings is 1. The van der Waals surface area contributed by atoms with Crippen LogP contribution in [0.3, 0.4) is 0 Å². The third-order valence-corrected chi connectivity index (χ3v) is 4.37. The number of aryl methyl sites for hydroxylation is 1. The number of ether oxygens (including phenoxy) is 1. The SMILES string of the molecule is COc1cc(N)c(Cl)cc1C(=O)N(C)Cc1scnc1C.Cl.Cl. The van der Waals surface area contributed by atoms with Crippen molar-refractivity contribution in [2.24, 2.45) is 0 Å². The Hall–Kier alpha value is -1.21. The summed E-state index contributed by atoms with van der Waals surface area (Å²) in [7, 11) is 3.22. The zero-order chi connectivity index (χ0) is 15.6. The second kappa shape index (κ2) is 9.17. The number of hydrogen-bond acceptors (Lipinski definition) is 5. The molecule has 23 heavy (non-hydrogen) atoms. The lowest BCUT2D eigenvalue weighted by Gasteiger charge is -2.19. The monoisotopic (exact) mass is 397 g/mol. The van der Waals surface area contributed by atoms with E-state index in [1.165, 1.54) is 24.5 Å². The maximum absolute atomic E-state index is 12.6. The summed E-state index contributed by atoms with van der Waals surface area (Å²) in [5.74, 6) is 0.233. The Labute approximate surface area is 156 Å². The summed E-state index contributed by atoms with van der Waals surface area (Å²) in [5.41, 5.74) is 9.20. The number of methoxy groups -OCH3 is 1. The summed E-state index contributed by atoms with van der Waals surface area (Å²) in [4.78, 5) is 19.4. The van der Waals surface area contributed by atoms with Gasteiger partial charge in [0.25, 0.3) is 5.91 Å². The number of halogens is 3. The molecule has 1 amide bonds. The van der Waals surface area contributed by atoms with Crippen molar-refractivity contribution in [1.82, 2.24) is 9.88 Å². The quantitative estimate of drug-likeness (QED) is 0.795. The maximum Gasteiger partial charge on any atom is 0.257 e. The van der Waals surface area contributed by atoms with Gasteiger partial charge in [-0.15, -0.1) is 36.2 Å². The first-order valence-corrected chi connectivity index (χ1v) is 7.47. The van der Waals surface area contributed by atoms with Gasteiger partial charge in [-0.2, -0.15) is 0 Å². The summed E-state index contributed by atoms with van der Waals surface area (Å²) in [6.07, 6.45) is 0. The predicted molar refractivity (Wildman–Crippen MR) is 99.6 cm³/mol. The zero-order valence-electron chi connectivity index (χ0n) is 12.8. The van der Waals surface area contributed by atoms with E-state index in [1.807, 2.05) is 6.92 Å². The third-order valence-electron chi connectivity index (χ3n) is 3.12. The van der Waals surface area contributed by atoms with E-state index in [9.17, 15) is 4.79 Å². The standard InChI is InChI=1S/C14H16ClN3O2S.2ClH/c1-8-13(21-7-17-8)6-18(2)14(19)9-4-10(15)11(16)5-12(9)20-3;;/h4-5,7H,6,16H2,1-3H3;2*1H. The van der Waals surface area contributed by atoms with Gasteiger partial charge in [0.15, 0.2) is 0 Å². The van der Waals surface area contributed by atoms with Gasteiger partial charge in [-0.05, 0) is 13.0 Å². The number of aromatic nitrogens is 1. The molecule has 1 heterocycles. The van der Waals surface area contributed by atoms with Crippen LogP contribution in [0.25, 0.3) is 0 Å². The van der Waals surface area contributed by atoms with Gasteiger partial charge in [-0.3, -0.25) is 4.79 Å². The number of anilines is 1. The molecular formula is C14H18Cl3N3O2S. The molecule has 5 nitrogen and oxygen atoms in total. The number of hydrogen-bond donors (Lipinski definition) is 1. The second-order valence-corrected chi connectivity index (χ2v) is 5.94. The smallest absolute Gasteiger partial charge is 0.257 e.